The number of carboxylic acids is 1. The number of carboxylic acid groups (broad SMARTS) is 1. The van der Waals surface area contributed by atoms with Crippen molar-refractivity contribution in [1.82, 2.24) is 4.98 Å². The molecular formula is C26H21FN2O4. The first-order chi connectivity index (χ1) is 16.0. The number of rotatable bonds is 8. The van der Waals surface area contributed by atoms with Crippen molar-refractivity contribution in [2.75, 3.05) is 13.2 Å². The van der Waals surface area contributed by atoms with Gasteiger partial charge in [-0.15, -0.1) is 0 Å². The molecule has 0 aliphatic heterocycles. The first kappa shape index (κ1) is 22.0. The molecule has 4 rings (SSSR count). The number of aliphatic carboxylic acids is 1. The summed E-state index contributed by atoms with van der Waals surface area (Å²) < 4.78 is 25.1. The summed E-state index contributed by atoms with van der Waals surface area (Å²) >= 11 is 0. The van der Waals surface area contributed by atoms with Gasteiger partial charge in [0, 0.05) is 22.7 Å². The number of halogens is 1. The van der Waals surface area contributed by atoms with Gasteiger partial charge in [-0.2, -0.15) is 0 Å². The second kappa shape index (κ2) is 9.48. The van der Waals surface area contributed by atoms with Crippen molar-refractivity contribution in [3.05, 3.63) is 78.1 Å². The maximum Gasteiger partial charge on any atom is 0.341 e. The maximum absolute atomic E-state index is 13.9. The van der Waals surface area contributed by atoms with E-state index < -0.39 is 18.4 Å². The Morgan fingerprint density at radius 2 is 1.79 bits per heavy atom. The van der Waals surface area contributed by atoms with Crippen molar-refractivity contribution in [3.63, 3.8) is 0 Å². The zero-order valence-electron chi connectivity index (χ0n) is 17.8. The molecule has 0 amide bonds. The highest BCUT2D eigenvalue weighted by molar-refractivity contribution is 6.00. The number of ether oxygens (including phenoxy) is 2. The first-order valence-corrected chi connectivity index (χ1v) is 10.3. The number of pyridine rings is 1. The first-order valence-electron chi connectivity index (χ1n) is 10.3. The topological polar surface area (TPSA) is 92.5 Å². The fourth-order valence-corrected chi connectivity index (χ4v) is 3.66. The van der Waals surface area contributed by atoms with E-state index in [0.29, 0.717) is 28.8 Å². The highest BCUT2D eigenvalue weighted by Gasteiger charge is 2.18. The molecule has 166 valence electrons. The van der Waals surface area contributed by atoms with Gasteiger partial charge in [-0.25, -0.2) is 14.2 Å². The molecule has 1 aromatic heterocycles. The molecule has 0 saturated heterocycles. The average molecular weight is 444 g/mol. The SMILES string of the molecule is CCOc1ccccc1-c1ccc(-c2nc3ccc(F)cc3c(OCC(=O)O)c2C=N)cc1. The Morgan fingerprint density at radius 1 is 1.06 bits per heavy atom. The monoisotopic (exact) mass is 444 g/mol. The van der Waals surface area contributed by atoms with Gasteiger partial charge in [0.05, 0.1) is 23.4 Å². The van der Waals surface area contributed by atoms with Crippen LogP contribution in [0.2, 0.25) is 0 Å². The minimum atomic E-state index is -1.17. The molecule has 33 heavy (non-hydrogen) atoms. The second-order valence-corrected chi connectivity index (χ2v) is 7.20. The minimum absolute atomic E-state index is 0.109. The number of nitrogens with one attached hydrogen (secondary N) is 1. The third-order valence-electron chi connectivity index (χ3n) is 5.08. The highest BCUT2D eigenvalue weighted by atomic mass is 19.1. The molecule has 0 spiro atoms. The van der Waals surface area contributed by atoms with Crippen molar-refractivity contribution in [1.29, 1.82) is 5.41 Å². The van der Waals surface area contributed by atoms with Crippen molar-refractivity contribution in [2.24, 2.45) is 0 Å². The summed E-state index contributed by atoms with van der Waals surface area (Å²) in [6.07, 6.45) is 1.04. The van der Waals surface area contributed by atoms with E-state index in [1.165, 1.54) is 18.2 Å². The summed E-state index contributed by atoms with van der Waals surface area (Å²) in [7, 11) is 0. The van der Waals surface area contributed by atoms with E-state index in [4.69, 9.17) is 20.0 Å². The van der Waals surface area contributed by atoms with Crippen LogP contribution in [0.25, 0.3) is 33.3 Å². The number of para-hydroxylation sites is 1. The third kappa shape index (κ3) is 4.52. The lowest BCUT2D eigenvalue weighted by atomic mass is 9.98. The van der Waals surface area contributed by atoms with E-state index in [9.17, 15) is 9.18 Å². The van der Waals surface area contributed by atoms with Crippen molar-refractivity contribution >= 4 is 23.1 Å². The summed E-state index contributed by atoms with van der Waals surface area (Å²) in [6, 6.07) is 19.3. The van der Waals surface area contributed by atoms with Crippen LogP contribution in [0.1, 0.15) is 12.5 Å². The second-order valence-electron chi connectivity index (χ2n) is 7.20. The van der Waals surface area contributed by atoms with Crippen LogP contribution >= 0.6 is 0 Å². The molecule has 0 aliphatic carbocycles. The van der Waals surface area contributed by atoms with Crippen molar-refractivity contribution in [3.8, 4) is 33.9 Å². The molecule has 7 heteroatoms. The van der Waals surface area contributed by atoms with Gasteiger partial charge in [-0.1, -0.05) is 42.5 Å². The van der Waals surface area contributed by atoms with Gasteiger partial charge in [-0.3, -0.25) is 0 Å². The summed E-state index contributed by atoms with van der Waals surface area (Å²) in [5.74, 6) is -0.794. The number of aromatic nitrogens is 1. The van der Waals surface area contributed by atoms with Gasteiger partial charge in [-0.05, 0) is 36.8 Å². The van der Waals surface area contributed by atoms with Crippen LogP contribution in [0.5, 0.6) is 11.5 Å². The molecular weight excluding hydrogens is 423 g/mol. The molecule has 2 N–H and O–H groups in total. The summed E-state index contributed by atoms with van der Waals surface area (Å²) in [6.45, 7) is 1.86. The molecule has 1 heterocycles. The molecule has 0 bridgehead atoms. The fourth-order valence-electron chi connectivity index (χ4n) is 3.66. The van der Waals surface area contributed by atoms with Crippen molar-refractivity contribution < 1.29 is 23.8 Å². The van der Waals surface area contributed by atoms with E-state index >= 15 is 0 Å². The average Bonchev–Trinajstić information content (AvgIpc) is 2.82. The van der Waals surface area contributed by atoms with Crippen LogP contribution in [0.15, 0.2) is 66.7 Å². The standard InChI is InChI=1S/C26H21FN2O4/c1-2-32-23-6-4-3-5-19(23)16-7-9-17(10-8-16)25-21(14-28)26(33-15-24(30)31)20-13-18(27)11-12-22(20)29-25/h3-14,28H,2,15H2,1H3,(H,30,31). The third-order valence-corrected chi connectivity index (χ3v) is 5.08. The maximum atomic E-state index is 13.9. The van der Waals surface area contributed by atoms with Crippen LogP contribution in [-0.2, 0) is 4.79 Å². The number of hydrogen-bond donors (Lipinski definition) is 2. The number of carbonyl (C=O) groups is 1. The van der Waals surface area contributed by atoms with E-state index in [0.717, 1.165) is 23.1 Å². The molecule has 0 unspecified atom stereocenters. The summed E-state index contributed by atoms with van der Waals surface area (Å²) in [5.41, 5.74) is 3.75. The summed E-state index contributed by atoms with van der Waals surface area (Å²) in [5, 5.41) is 17.3. The number of fused-ring (bicyclic) bond motifs is 1. The Morgan fingerprint density at radius 3 is 2.48 bits per heavy atom. The van der Waals surface area contributed by atoms with E-state index in [1.807, 2.05) is 55.5 Å². The van der Waals surface area contributed by atoms with Crippen LogP contribution < -0.4 is 9.47 Å². The van der Waals surface area contributed by atoms with Gasteiger partial charge < -0.3 is 20.0 Å². The normalized spacial score (nSPS) is 10.7. The van der Waals surface area contributed by atoms with Gasteiger partial charge in [0.2, 0.25) is 0 Å². The molecule has 0 aliphatic rings. The van der Waals surface area contributed by atoms with Gasteiger partial charge in [0.15, 0.2) is 6.61 Å². The largest absolute Gasteiger partial charge is 0.493 e. The minimum Gasteiger partial charge on any atom is -0.493 e. The van der Waals surface area contributed by atoms with Crippen LogP contribution in [0.4, 0.5) is 4.39 Å². The Hall–Kier alpha value is -4.26. The van der Waals surface area contributed by atoms with E-state index in [2.05, 4.69) is 4.98 Å². The van der Waals surface area contributed by atoms with E-state index in [-0.39, 0.29) is 11.3 Å². The lowest BCUT2D eigenvalue weighted by Crippen LogP contribution is -2.12. The zero-order valence-corrected chi connectivity index (χ0v) is 17.8. The lowest BCUT2D eigenvalue weighted by molar-refractivity contribution is -0.139. The number of nitrogens with zero attached hydrogens (tertiary/aromatic N) is 1. The molecule has 0 radical (unpaired) electrons. The van der Waals surface area contributed by atoms with Gasteiger partial charge in [0.25, 0.3) is 0 Å². The van der Waals surface area contributed by atoms with Crippen LogP contribution in [0.3, 0.4) is 0 Å². The zero-order chi connectivity index (χ0) is 23.4. The lowest BCUT2D eigenvalue weighted by Gasteiger charge is -2.15. The highest BCUT2D eigenvalue weighted by Crippen LogP contribution is 2.37. The molecule has 4 aromatic rings. The van der Waals surface area contributed by atoms with Crippen LogP contribution in [0, 0.1) is 11.2 Å². The Bertz CT molecular complexity index is 1340. The van der Waals surface area contributed by atoms with E-state index in [1.54, 1.807) is 0 Å². The van der Waals surface area contributed by atoms with Crippen molar-refractivity contribution in [2.45, 2.75) is 6.92 Å². The molecule has 3 aromatic carbocycles. The molecule has 6 nitrogen and oxygen atoms in total. The smallest absolute Gasteiger partial charge is 0.341 e. The van der Waals surface area contributed by atoms with Gasteiger partial charge in [0.1, 0.15) is 17.3 Å². The van der Waals surface area contributed by atoms with Crippen LogP contribution in [-0.4, -0.2) is 35.5 Å². The summed E-state index contributed by atoms with van der Waals surface area (Å²) in [4.78, 5) is 15.7. The molecule has 0 atom stereocenters. The predicted molar refractivity (Wildman–Crippen MR) is 125 cm³/mol. The Labute approximate surface area is 189 Å². The molecule has 0 fully saturated rings. The quantitative estimate of drug-likeness (QED) is 0.347. The number of hydrogen-bond acceptors (Lipinski definition) is 5. The predicted octanol–water partition coefficient (Wildman–Crippen LogP) is 5.57. The molecule has 0 saturated carbocycles. The fraction of sp³-hybridized carbons (Fsp3) is 0.115. The van der Waals surface area contributed by atoms with Gasteiger partial charge >= 0.3 is 5.97 Å². The Balaban J connectivity index is 1.83. The number of benzene rings is 3. The Kier molecular flexibility index (Phi) is 6.31.